The quantitative estimate of drug-likeness (QED) is 0.838. The van der Waals surface area contributed by atoms with Crippen molar-refractivity contribution in [3.63, 3.8) is 0 Å². The lowest BCUT2D eigenvalue weighted by Gasteiger charge is -2.33. The summed E-state index contributed by atoms with van der Waals surface area (Å²) >= 11 is 0. The standard InChI is InChI=1S/C14H22O2/c1-13(2,3)10-14(4,5)16-12-8-6-11(15)7-9-12/h6-9,15H,10H2,1-5H3. The molecule has 16 heavy (non-hydrogen) atoms. The molecular weight excluding hydrogens is 200 g/mol. The van der Waals surface area contributed by atoms with Crippen LogP contribution in [0.3, 0.4) is 0 Å². The predicted octanol–water partition coefficient (Wildman–Crippen LogP) is 3.99. The van der Waals surface area contributed by atoms with E-state index in [1.165, 1.54) is 0 Å². The van der Waals surface area contributed by atoms with E-state index in [1.807, 2.05) is 0 Å². The third-order valence-electron chi connectivity index (χ3n) is 2.19. The Morgan fingerprint density at radius 1 is 1.00 bits per heavy atom. The van der Waals surface area contributed by atoms with Crippen molar-refractivity contribution < 1.29 is 9.84 Å². The Morgan fingerprint density at radius 3 is 1.94 bits per heavy atom. The maximum atomic E-state index is 9.19. The third-order valence-corrected chi connectivity index (χ3v) is 2.19. The van der Waals surface area contributed by atoms with Crippen LogP contribution in [-0.4, -0.2) is 10.7 Å². The zero-order chi connectivity index (χ0) is 12.4. The molecule has 0 saturated carbocycles. The summed E-state index contributed by atoms with van der Waals surface area (Å²) in [7, 11) is 0. The zero-order valence-electron chi connectivity index (χ0n) is 10.9. The number of aromatic hydroxyl groups is 1. The van der Waals surface area contributed by atoms with Crippen molar-refractivity contribution in [1.29, 1.82) is 0 Å². The van der Waals surface area contributed by atoms with Gasteiger partial charge < -0.3 is 9.84 Å². The van der Waals surface area contributed by atoms with Crippen molar-refractivity contribution in [2.45, 2.75) is 46.6 Å². The number of ether oxygens (including phenoxy) is 1. The summed E-state index contributed by atoms with van der Waals surface area (Å²) in [6.45, 7) is 10.8. The lowest BCUT2D eigenvalue weighted by atomic mass is 9.83. The van der Waals surface area contributed by atoms with Crippen molar-refractivity contribution in [3.05, 3.63) is 24.3 Å². The van der Waals surface area contributed by atoms with Gasteiger partial charge in [0.15, 0.2) is 0 Å². The number of benzene rings is 1. The lowest BCUT2D eigenvalue weighted by Crippen LogP contribution is -2.33. The lowest BCUT2D eigenvalue weighted by molar-refractivity contribution is 0.0621. The molecule has 0 heterocycles. The van der Waals surface area contributed by atoms with E-state index in [-0.39, 0.29) is 16.8 Å². The molecule has 0 aromatic heterocycles. The molecule has 0 unspecified atom stereocenters. The van der Waals surface area contributed by atoms with Crippen LogP contribution in [0.1, 0.15) is 41.0 Å². The Bertz CT molecular complexity index is 331. The van der Waals surface area contributed by atoms with E-state index in [9.17, 15) is 5.11 Å². The molecule has 0 fully saturated rings. The fourth-order valence-corrected chi connectivity index (χ4v) is 2.15. The highest BCUT2D eigenvalue weighted by Gasteiger charge is 2.27. The van der Waals surface area contributed by atoms with Gasteiger partial charge in [-0.05, 0) is 49.9 Å². The van der Waals surface area contributed by atoms with E-state index in [0.717, 1.165) is 12.2 Å². The number of phenols is 1. The first-order valence-corrected chi connectivity index (χ1v) is 5.66. The van der Waals surface area contributed by atoms with Gasteiger partial charge in [-0.15, -0.1) is 0 Å². The molecule has 0 aliphatic heterocycles. The zero-order valence-corrected chi connectivity index (χ0v) is 10.9. The van der Waals surface area contributed by atoms with Crippen LogP contribution < -0.4 is 4.74 Å². The van der Waals surface area contributed by atoms with Crippen molar-refractivity contribution in [1.82, 2.24) is 0 Å². The second-order valence-corrected chi connectivity index (χ2v) is 6.09. The van der Waals surface area contributed by atoms with Crippen molar-refractivity contribution in [2.75, 3.05) is 0 Å². The summed E-state index contributed by atoms with van der Waals surface area (Å²) in [5, 5.41) is 9.19. The molecule has 0 radical (unpaired) electrons. The molecule has 2 nitrogen and oxygen atoms in total. The molecule has 0 atom stereocenters. The van der Waals surface area contributed by atoms with Gasteiger partial charge in [-0.25, -0.2) is 0 Å². The van der Waals surface area contributed by atoms with Crippen LogP contribution in [0.2, 0.25) is 0 Å². The first-order valence-electron chi connectivity index (χ1n) is 5.66. The minimum Gasteiger partial charge on any atom is -0.508 e. The van der Waals surface area contributed by atoms with Crippen LogP contribution in [0, 0.1) is 5.41 Å². The van der Waals surface area contributed by atoms with E-state index < -0.39 is 0 Å². The van der Waals surface area contributed by atoms with Gasteiger partial charge in [0.2, 0.25) is 0 Å². The molecule has 0 saturated heterocycles. The molecule has 0 aliphatic carbocycles. The second-order valence-electron chi connectivity index (χ2n) is 6.09. The highest BCUT2D eigenvalue weighted by Crippen LogP contribution is 2.31. The van der Waals surface area contributed by atoms with Gasteiger partial charge in [-0.2, -0.15) is 0 Å². The number of phenolic OH excluding ortho intramolecular Hbond substituents is 1. The normalized spacial score (nSPS) is 12.6. The van der Waals surface area contributed by atoms with E-state index in [2.05, 4.69) is 34.6 Å². The number of hydrogen-bond acceptors (Lipinski definition) is 2. The molecule has 1 aromatic carbocycles. The van der Waals surface area contributed by atoms with Crippen LogP contribution in [0.25, 0.3) is 0 Å². The van der Waals surface area contributed by atoms with E-state index in [1.54, 1.807) is 24.3 Å². The summed E-state index contributed by atoms with van der Waals surface area (Å²) < 4.78 is 5.92. The van der Waals surface area contributed by atoms with Gasteiger partial charge in [0.25, 0.3) is 0 Å². The number of hydrogen-bond donors (Lipinski definition) is 1. The molecule has 2 heteroatoms. The maximum Gasteiger partial charge on any atom is 0.120 e. The van der Waals surface area contributed by atoms with Crippen molar-refractivity contribution >= 4 is 0 Å². The van der Waals surface area contributed by atoms with Gasteiger partial charge >= 0.3 is 0 Å². The molecule has 0 spiro atoms. The van der Waals surface area contributed by atoms with E-state index >= 15 is 0 Å². The maximum absolute atomic E-state index is 9.19. The predicted molar refractivity (Wildman–Crippen MR) is 66.9 cm³/mol. The summed E-state index contributed by atoms with van der Waals surface area (Å²) in [5.74, 6) is 1.06. The molecule has 0 amide bonds. The highest BCUT2D eigenvalue weighted by atomic mass is 16.5. The van der Waals surface area contributed by atoms with Gasteiger partial charge in [-0.1, -0.05) is 20.8 Å². The molecular formula is C14H22O2. The highest BCUT2D eigenvalue weighted by molar-refractivity contribution is 5.30. The van der Waals surface area contributed by atoms with Crippen molar-refractivity contribution in [2.24, 2.45) is 5.41 Å². The van der Waals surface area contributed by atoms with Crippen LogP contribution in [0.15, 0.2) is 24.3 Å². The smallest absolute Gasteiger partial charge is 0.120 e. The SMILES string of the molecule is CC(C)(C)CC(C)(C)Oc1ccc(O)cc1. The molecule has 1 rings (SSSR count). The molecule has 1 N–H and O–H groups in total. The Balaban J connectivity index is 2.69. The minimum absolute atomic E-state index is 0.199. The second kappa shape index (κ2) is 4.36. The summed E-state index contributed by atoms with van der Waals surface area (Å²) in [4.78, 5) is 0. The topological polar surface area (TPSA) is 29.5 Å². The van der Waals surface area contributed by atoms with Crippen LogP contribution in [0.5, 0.6) is 11.5 Å². The summed E-state index contributed by atoms with van der Waals surface area (Å²) in [6, 6.07) is 6.87. The van der Waals surface area contributed by atoms with Crippen LogP contribution in [-0.2, 0) is 0 Å². The fraction of sp³-hybridized carbons (Fsp3) is 0.571. The Hall–Kier alpha value is -1.18. The van der Waals surface area contributed by atoms with Gasteiger partial charge in [0, 0.05) is 0 Å². The molecule has 0 bridgehead atoms. The van der Waals surface area contributed by atoms with Gasteiger partial charge in [0.05, 0.1) is 0 Å². The molecule has 0 aliphatic rings. The Kier molecular flexibility index (Phi) is 3.51. The summed E-state index contributed by atoms with van der Waals surface area (Å²) in [5.41, 5.74) is 0.0373. The number of rotatable bonds is 3. The molecule has 1 aromatic rings. The first-order chi connectivity index (χ1) is 7.18. The third kappa shape index (κ3) is 4.56. The van der Waals surface area contributed by atoms with Crippen LogP contribution >= 0.6 is 0 Å². The average molecular weight is 222 g/mol. The first kappa shape index (κ1) is 12.9. The summed E-state index contributed by atoms with van der Waals surface area (Å²) in [6.07, 6.45) is 0.973. The van der Waals surface area contributed by atoms with Gasteiger partial charge in [0.1, 0.15) is 17.1 Å². The average Bonchev–Trinajstić information content (AvgIpc) is 2.04. The molecule has 90 valence electrons. The van der Waals surface area contributed by atoms with E-state index in [0.29, 0.717) is 0 Å². The van der Waals surface area contributed by atoms with E-state index in [4.69, 9.17) is 4.74 Å². The van der Waals surface area contributed by atoms with Gasteiger partial charge in [-0.3, -0.25) is 0 Å². The largest absolute Gasteiger partial charge is 0.508 e. The Labute approximate surface area is 98.3 Å². The Morgan fingerprint density at radius 2 is 1.50 bits per heavy atom. The minimum atomic E-state index is -0.199. The monoisotopic (exact) mass is 222 g/mol. The van der Waals surface area contributed by atoms with Crippen LogP contribution in [0.4, 0.5) is 0 Å². The fourth-order valence-electron chi connectivity index (χ4n) is 2.15. The van der Waals surface area contributed by atoms with Crippen molar-refractivity contribution in [3.8, 4) is 11.5 Å².